The standard InChI is InChI=1S/C19H20ClF2N3O3S/c20-15-3-1-2-4-18(15)29(27,28)25-11-9-24(10-12-25)8-7-19(26)23-14-5-6-16(21)17(22)13-14/h1-6,13H,7-12H2,(H,23,26). The molecule has 1 amide bonds. The van der Waals surface area contributed by atoms with Crippen LogP contribution in [0.2, 0.25) is 5.02 Å². The number of halogens is 3. The van der Waals surface area contributed by atoms with E-state index in [-0.39, 0.29) is 27.9 Å². The summed E-state index contributed by atoms with van der Waals surface area (Å²) in [4.78, 5) is 14.1. The molecule has 0 radical (unpaired) electrons. The molecule has 2 aromatic rings. The molecular weight excluding hydrogens is 424 g/mol. The Morgan fingerprint density at radius 1 is 1.03 bits per heavy atom. The van der Waals surface area contributed by atoms with Crippen molar-refractivity contribution in [2.45, 2.75) is 11.3 Å². The van der Waals surface area contributed by atoms with Gasteiger partial charge in [0.1, 0.15) is 4.90 Å². The van der Waals surface area contributed by atoms with Gasteiger partial charge in [-0.25, -0.2) is 17.2 Å². The smallest absolute Gasteiger partial charge is 0.244 e. The van der Waals surface area contributed by atoms with Gasteiger partial charge in [0.25, 0.3) is 0 Å². The highest BCUT2D eigenvalue weighted by molar-refractivity contribution is 7.89. The summed E-state index contributed by atoms with van der Waals surface area (Å²) in [6.45, 7) is 1.95. The number of rotatable bonds is 6. The van der Waals surface area contributed by atoms with Gasteiger partial charge in [0.2, 0.25) is 15.9 Å². The van der Waals surface area contributed by atoms with Crippen LogP contribution in [0.3, 0.4) is 0 Å². The van der Waals surface area contributed by atoms with Crippen LogP contribution in [-0.2, 0) is 14.8 Å². The van der Waals surface area contributed by atoms with Crippen LogP contribution in [0.25, 0.3) is 0 Å². The zero-order valence-electron chi connectivity index (χ0n) is 15.4. The minimum atomic E-state index is -3.67. The van der Waals surface area contributed by atoms with E-state index in [0.717, 1.165) is 12.1 Å². The second-order valence-electron chi connectivity index (χ2n) is 6.60. The molecule has 0 unspecified atom stereocenters. The van der Waals surface area contributed by atoms with Crippen LogP contribution in [0.5, 0.6) is 0 Å². The molecule has 156 valence electrons. The third-order valence-corrected chi connectivity index (χ3v) is 7.04. The molecule has 1 saturated heterocycles. The largest absolute Gasteiger partial charge is 0.326 e. The summed E-state index contributed by atoms with van der Waals surface area (Å²) < 4.78 is 53.0. The first-order chi connectivity index (χ1) is 13.8. The SMILES string of the molecule is O=C(CCN1CCN(S(=O)(=O)c2ccccc2Cl)CC1)Nc1ccc(F)c(F)c1. The molecule has 0 spiro atoms. The fourth-order valence-electron chi connectivity index (χ4n) is 3.04. The van der Waals surface area contributed by atoms with Gasteiger partial charge < -0.3 is 10.2 Å². The Morgan fingerprint density at radius 2 is 1.72 bits per heavy atom. The van der Waals surface area contributed by atoms with Crippen LogP contribution in [0, 0.1) is 11.6 Å². The Bertz CT molecular complexity index is 996. The van der Waals surface area contributed by atoms with Crippen molar-refractivity contribution < 1.29 is 22.0 Å². The summed E-state index contributed by atoms with van der Waals surface area (Å²) in [5.41, 5.74) is 0.185. The van der Waals surface area contributed by atoms with E-state index in [0.29, 0.717) is 32.7 Å². The number of amides is 1. The molecule has 10 heteroatoms. The third kappa shape index (κ3) is 5.30. The molecule has 1 aliphatic rings. The van der Waals surface area contributed by atoms with E-state index in [1.165, 1.54) is 22.5 Å². The number of piperazine rings is 1. The maximum atomic E-state index is 13.2. The predicted octanol–water partition coefficient (Wildman–Crippen LogP) is 2.95. The lowest BCUT2D eigenvalue weighted by atomic mass is 10.2. The number of nitrogens with one attached hydrogen (secondary N) is 1. The molecule has 29 heavy (non-hydrogen) atoms. The van der Waals surface area contributed by atoms with Crippen LogP contribution in [0.4, 0.5) is 14.5 Å². The Labute approximate surface area is 173 Å². The summed E-state index contributed by atoms with van der Waals surface area (Å²) in [7, 11) is -3.67. The lowest BCUT2D eigenvalue weighted by Gasteiger charge is -2.34. The van der Waals surface area contributed by atoms with Crippen LogP contribution in [-0.4, -0.2) is 56.3 Å². The van der Waals surface area contributed by atoms with Gasteiger partial charge in [-0.1, -0.05) is 23.7 Å². The van der Waals surface area contributed by atoms with Crippen LogP contribution in [0.15, 0.2) is 47.4 Å². The summed E-state index contributed by atoms with van der Waals surface area (Å²) >= 11 is 6.02. The number of nitrogens with zero attached hydrogens (tertiary/aromatic N) is 2. The molecule has 1 fully saturated rings. The topological polar surface area (TPSA) is 69.7 Å². The monoisotopic (exact) mass is 443 g/mol. The Morgan fingerprint density at radius 3 is 2.38 bits per heavy atom. The van der Waals surface area contributed by atoms with Crippen molar-refractivity contribution in [3.63, 3.8) is 0 Å². The van der Waals surface area contributed by atoms with Gasteiger partial charge in [0.05, 0.1) is 5.02 Å². The molecule has 1 aliphatic heterocycles. The molecule has 0 aromatic heterocycles. The van der Waals surface area contributed by atoms with E-state index in [1.807, 2.05) is 4.90 Å². The Hall–Kier alpha value is -2.07. The summed E-state index contributed by atoms with van der Waals surface area (Å²) in [5.74, 6) is -2.34. The fourth-order valence-corrected chi connectivity index (χ4v) is 4.96. The minimum Gasteiger partial charge on any atom is -0.326 e. The lowest BCUT2D eigenvalue weighted by molar-refractivity contribution is -0.116. The van der Waals surface area contributed by atoms with E-state index >= 15 is 0 Å². The summed E-state index contributed by atoms with van der Waals surface area (Å²) in [6.07, 6.45) is 0.149. The quantitative estimate of drug-likeness (QED) is 0.745. The minimum absolute atomic E-state index is 0.0843. The van der Waals surface area contributed by atoms with Gasteiger partial charge in [0, 0.05) is 50.9 Å². The Kier molecular flexibility index (Phi) is 6.84. The van der Waals surface area contributed by atoms with E-state index in [9.17, 15) is 22.0 Å². The molecule has 0 bridgehead atoms. The normalized spacial score (nSPS) is 16.0. The maximum absolute atomic E-state index is 13.2. The molecule has 0 saturated carbocycles. The van der Waals surface area contributed by atoms with E-state index in [1.54, 1.807) is 12.1 Å². The molecule has 2 aromatic carbocycles. The molecule has 1 N–H and O–H groups in total. The first-order valence-electron chi connectivity index (χ1n) is 8.99. The van der Waals surface area contributed by atoms with Gasteiger partial charge in [-0.2, -0.15) is 4.31 Å². The van der Waals surface area contributed by atoms with Crippen molar-refractivity contribution in [3.8, 4) is 0 Å². The van der Waals surface area contributed by atoms with E-state index < -0.39 is 21.7 Å². The Balaban J connectivity index is 1.49. The van der Waals surface area contributed by atoms with Crippen LogP contribution < -0.4 is 5.32 Å². The van der Waals surface area contributed by atoms with Crippen molar-refractivity contribution in [1.82, 2.24) is 9.21 Å². The summed E-state index contributed by atoms with van der Waals surface area (Å²) in [6, 6.07) is 9.47. The number of carbonyl (C=O) groups is 1. The van der Waals surface area contributed by atoms with Gasteiger partial charge in [0.15, 0.2) is 11.6 Å². The van der Waals surface area contributed by atoms with Crippen molar-refractivity contribution in [2.24, 2.45) is 0 Å². The first-order valence-corrected chi connectivity index (χ1v) is 10.8. The number of anilines is 1. The molecule has 1 heterocycles. The third-order valence-electron chi connectivity index (χ3n) is 4.64. The van der Waals surface area contributed by atoms with Crippen molar-refractivity contribution in [2.75, 3.05) is 38.0 Å². The van der Waals surface area contributed by atoms with Gasteiger partial charge >= 0.3 is 0 Å². The second kappa shape index (κ2) is 9.17. The average Bonchev–Trinajstić information content (AvgIpc) is 2.70. The molecule has 6 nitrogen and oxygen atoms in total. The van der Waals surface area contributed by atoms with E-state index in [2.05, 4.69) is 5.32 Å². The van der Waals surface area contributed by atoms with Gasteiger partial charge in [-0.15, -0.1) is 0 Å². The highest BCUT2D eigenvalue weighted by Gasteiger charge is 2.29. The molecule has 0 atom stereocenters. The van der Waals surface area contributed by atoms with Crippen molar-refractivity contribution in [3.05, 3.63) is 59.1 Å². The number of hydrogen-bond acceptors (Lipinski definition) is 4. The first kappa shape index (κ1) is 21.6. The molecular formula is C19H20ClF2N3O3S. The van der Waals surface area contributed by atoms with Crippen molar-refractivity contribution >= 4 is 33.2 Å². The van der Waals surface area contributed by atoms with E-state index in [4.69, 9.17) is 11.6 Å². The number of benzene rings is 2. The zero-order valence-corrected chi connectivity index (χ0v) is 17.0. The zero-order chi connectivity index (χ0) is 21.0. The van der Waals surface area contributed by atoms with Gasteiger partial charge in [-0.05, 0) is 24.3 Å². The molecule has 3 rings (SSSR count). The van der Waals surface area contributed by atoms with Crippen molar-refractivity contribution in [1.29, 1.82) is 0 Å². The maximum Gasteiger partial charge on any atom is 0.244 e. The average molecular weight is 444 g/mol. The fraction of sp³-hybridized carbons (Fsp3) is 0.316. The number of carbonyl (C=O) groups excluding carboxylic acids is 1. The highest BCUT2D eigenvalue weighted by atomic mass is 35.5. The second-order valence-corrected chi connectivity index (χ2v) is 8.92. The van der Waals surface area contributed by atoms with Crippen LogP contribution >= 0.6 is 11.6 Å². The molecule has 0 aliphatic carbocycles. The number of hydrogen-bond donors (Lipinski definition) is 1. The highest BCUT2D eigenvalue weighted by Crippen LogP contribution is 2.25. The van der Waals surface area contributed by atoms with Crippen LogP contribution in [0.1, 0.15) is 6.42 Å². The lowest BCUT2D eigenvalue weighted by Crippen LogP contribution is -2.49. The van der Waals surface area contributed by atoms with Gasteiger partial charge in [-0.3, -0.25) is 4.79 Å². The summed E-state index contributed by atoms with van der Waals surface area (Å²) in [5, 5.41) is 2.70. The number of sulfonamides is 1. The predicted molar refractivity (Wildman–Crippen MR) is 106 cm³/mol.